The van der Waals surface area contributed by atoms with Crippen LogP contribution in [0.1, 0.15) is 51.9 Å². The molecule has 0 aromatic rings. The Morgan fingerprint density at radius 2 is 2.00 bits per heavy atom. The summed E-state index contributed by atoms with van der Waals surface area (Å²) in [4.78, 5) is 12.4. The topological polar surface area (TPSA) is 52.9 Å². The molecule has 0 saturated heterocycles. The van der Waals surface area contributed by atoms with Crippen molar-refractivity contribution in [1.82, 2.24) is 5.32 Å². The smallest absolute Gasteiger partial charge is 0.240 e. The van der Waals surface area contributed by atoms with Crippen LogP contribution in [-0.2, 0) is 4.79 Å². The lowest BCUT2D eigenvalue weighted by atomic mass is 9.80. The van der Waals surface area contributed by atoms with E-state index in [-0.39, 0.29) is 11.9 Å². The minimum absolute atomic E-state index is 0.0344. The highest BCUT2D eigenvalue weighted by Gasteiger charge is 2.39. The van der Waals surface area contributed by atoms with Gasteiger partial charge in [0.1, 0.15) is 5.41 Å². The highest BCUT2D eigenvalue weighted by Crippen LogP contribution is 2.34. The largest absolute Gasteiger partial charge is 0.351 e. The monoisotopic (exact) mass is 268 g/mol. The Labute approximate surface area is 115 Å². The van der Waals surface area contributed by atoms with Crippen LogP contribution in [0, 0.1) is 16.7 Å². The normalized spacial score (nSPS) is 20.5. The summed E-state index contributed by atoms with van der Waals surface area (Å²) >= 11 is 1.74. The maximum atomic E-state index is 12.4. The summed E-state index contributed by atoms with van der Waals surface area (Å²) in [5.41, 5.74) is -0.762. The first kappa shape index (κ1) is 15.4. The van der Waals surface area contributed by atoms with Crippen molar-refractivity contribution in [3.05, 3.63) is 0 Å². The zero-order valence-corrected chi connectivity index (χ0v) is 12.3. The molecule has 3 nitrogen and oxygen atoms in total. The number of thioether (sulfide) groups is 1. The van der Waals surface area contributed by atoms with Gasteiger partial charge in [-0.05, 0) is 25.5 Å². The summed E-state index contributed by atoms with van der Waals surface area (Å²) in [7, 11) is 0. The van der Waals surface area contributed by atoms with Crippen molar-refractivity contribution >= 4 is 17.7 Å². The van der Waals surface area contributed by atoms with Crippen LogP contribution in [0.25, 0.3) is 0 Å². The molecule has 0 bridgehead atoms. The van der Waals surface area contributed by atoms with Gasteiger partial charge < -0.3 is 5.32 Å². The Balaban J connectivity index is 2.68. The molecule has 1 aliphatic rings. The molecule has 1 rings (SSSR count). The molecule has 1 fully saturated rings. The Bertz CT molecular complexity index is 303. The fraction of sp³-hybridized carbons (Fsp3) is 0.857. The number of nitrogens with one attached hydrogen (secondary N) is 1. The van der Waals surface area contributed by atoms with E-state index in [4.69, 9.17) is 0 Å². The van der Waals surface area contributed by atoms with Gasteiger partial charge in [-0.3, -0.25) is 4.79 Å². The lowest BCUT2D eigenvalue weighted by Gasteiger charge is -2.26. The van der Waals surface area contributed by atoms with Crippen molar-refractivity contribution in [3.63, 3.8) is 0 Å². The summed E-state index contributed by atoms with van der Waals surface area (Å²) in [6.07, 6.45) is 8.72. The minimum atomic E-state index is -0.762. The number of nitriles is 1. The molecule has 1 aliphatic carbocycles. The lowest BCUT2D eigenvalue weighted by Crippen LogP contribution is -2.45. The standard InChI is InChI=1S/C14H24N2OS/c1-3-12(10-18-2)16-13(17)14(11-15)8-6-4-5-7-9-14/h12H,3-10H2,1-2H3,(H,16,17). The van der Waals surface area contributed by atoms with Crippen LogP contribution in [-0.4, -0.2) is 24.0 Å². The molecule has 4 heteroatoms. The van der Waals surface area contributed by atoms with Crippen molar-refractivity contribution in [3.8, 4) is 6.07 Å². The van der Waals surface area contributed by atoms with E-state index in [9.17, 15) is 10.1 Å². The zero-order valence-electron chi connectivity index (χ0n) is 11.5. The number of carbonyl (C=O) groups is 1. The van der Waals surface area contributed by atoms with Gasteiger partial charge >= 0.3 is 0 Å². The molecule has 0 heterocycles. The van der Waals surface area contributed by atoms with E-state index < -0.39 is 5.41 Å². The van der Waals surface area contributed by atoms with Crippen molar-refractivity contribution in [2.24, 2.45) is 5.41 Å². The third kappa shape index (κ3) is 3.91. The number of carbonyl (C=O) groups excluding carboxylic acids is 1. The van der Waals surface area contributed by atoms with Crippen LogP contribution in [0.2, 0.25) is 0 Å². The summed E-state index contributed by atoms with van der Waals surface area (Å²) in [6, 6.07) is 2.51. The summed E-state index contributed by atoms with van der Waals surface area (Å²) in [5, 5.41) is 12.5. The molecule has 0 spiro atoms. The number of hydrogen-bond donors (Lipinski definition) is 1. The van der Waals surface area contributed by atoms with Gasteiger partial charge in [-0.25, -0.2) is 0 Å². The quantitative estimate of drug-likeness (QED) is 0.779. The highest BCUT2D eigenvalue weighted by atomic mass is 32.2. The van der Waals surface area contributed by atoms with Crippen molar-refractivity contribution in [2.75, 3.05) is 12.0 Å². The van der Waals surface area contributed by atoms with Crippen LogP contribution in [0.4, 0.5) is 0 Å². The molecule has 0 aromatic carbocycles. The van der Waals surface area contributed by atoms with E-state index in [2.05, 4.69) is 18.3 Å². The molecule has 1 N–H and O–H groups in total. The molecule has 1 atom stereocenters. The minimum Gasteiger partial charge on any atom is -0.351 e. The average Bonchev–Trinajstić information content (AvgIpc) is 2.64. The molecule has 1 unspecified atom stereocenters. The van der Waals surface area contributed by atoms with E-state index in [0.717, 1.165) is 50.7 Å². The molecule has 18 heavy (non-hydrogen) atoms. The zero-order chi connectivity index (χ0) is 13.4. The first-order valence-corrected chi connectivity index (χ1v) is 8.29. The van der Waals surface area contributed by atoms with Crippen LogP contribution in [0.3, 0.4) is 0 Å². The van der Waals surface area contributed by atoms with Gasteiger partial charge in [0.25, 0.3) is 0 Å². The maximum Gasteiger partial charge on any atom is 0.240 e. The second-order valence-electron chi connectivity index (χ2n) is 5.14. The second kappa shape index (κ2) is 7.68. The summed E-state index contributed by atoms with van der Waals surface area (Å²) < 4.78 is 0. The molecule has 0 aromatic heterocycles. The molecule has 0 radical (unpaired) electrons. The molecule has 0 aliphatic heterocycles. The van der Waals surface area contributed by atoms with Crippen LogP contribution in [0.15, 0.2) is 0 Å². The van der Waals surface area contributed by atoms with E-state index in [1.807, 2.05) is 6.26 Å². The van der Waals surface area contributed by atoms with Gasteiger partial charge in [0, 0.05) is 11.8 Å². The van der Waals surface area contributed by atoms with Gasteiger partial charge in [0.15, 0.2) is 0 Å². The van der Waals surface area contributed by atoms with Gasteiger partial charge in [0.05, 0.1) is 6.07 Å². The first-order valence-electron chi connectivity index (χ1n) is 6.89. The third-order valence-electron chi connectivity index (χ3n) is 3.80. The van der Waals surface area contributed by atoms with Gasteiger partial charge in [-0.15, -0.1) is 0 Å². The maximum absolute atomic E-state index is 12.4. The van der Waals surface area contributed by atoms with Crippen LogP contribution >= 0.6 is 11.8 Å². The van der Waals surface area contributed by atoms with Crippen molar-refractivity contribution in [2.45, 2.75) is 57.9 Å². The fourth-order valence-corrected chi connectivity index (χ4v) is 3.23. The number of hydrogen-bond acceptors (Lipinski definition) is 3. The van der Waals surface area contributed by atoms with E-state index in [1.54, 1.807) is 11.8 Å². The van der Waals surface area contributed by atoms with Gasteiger partial charge in [-0.2, -0.15) is 17.0 Å². The van der Waals surface area contributed by atoms with E-state index >= 15 is 0 Å². The van der Waals surface area contributed by atoms with E-state index in [1.165, 1.54) is 0 Å². The second-order valence-corrected chi connectivity index (χ2v) is 6.05. The molecule has 1 amide bonds. The SMILES string of the molecule is CCC(CSC)NC(=O)C1(C#N)CCCCCC1. The fourth-order valence-electron chi connectivity index (χ4n) is 2.51. The third-order valence-corrected chi connectivity index (χ3v) is 4.54. The summed E-state index contributed by atoms with van der Waals surface area (Å²) in [6.45, 7) is 2.08. The Morgan fingerprint density at radius 3 is 2.44 bits per heavy atom. The molecular formula is C14H24N2OS. The van der Waals surface area contributed by atoms with Gasteiger partial charge in [-0.1, -0.05) is 32.6 Å². The lowest BCUT2D eigenvalue weighted by molar-refractivity contribution is -0.129. The predicted molar refractivity (Wildman–Crippen MR) is 76.4 cm³/mol. The number of rotatable bonds is 5. The molecular weight excluding hydrogens is 244 g/mol. The van der Waals surface area contributed by atoms with Crippen molar-refractivity contribution in [1.29, 1.82) is 5.26 Å². The Kier molecular flexibility index (Phi) is 6.56. The van der Waals surface area contributed by atoms with E-state index in [0.29, 0.717) is 0 Å². The first-order chi connectivity index (χ1) is 8.68. The average molecular weight is 268 g/mol. The molecule has 1 saturated carbocycles. The van der Waals surface area contributed by atoms with Crippen LogP contribution in [0.5, 0.6) is 0 Å². The number of nitrogens with zero attached hydrogens (tertiary/aromatic N) is 1. The van der Waals surface area contributed by atoms with Gasteiger partial charge in [0.2, 0.25) is 5.91 Å². The predicted octanol–water partition coefficient (Wildman–Crippen LogP) is 3.11. The Morgan fingerprint density at radius 1 is 1.39 bits per heavy atom. The Hall–Kier alpha value is -0.690. The summed E-state index contributed by atoms with van der Waals surface area (Å²) in [5.74, 6) is 0.886. The van der Waals surface area contributed by atoms with Crippen molar-refractivity contribution < 1.29 is 4.79 Å². The number of amides is 1. The highest BCUT2D eigenvalue weighted by molar-refractivity contribution is 7.98. The molecule has 102 valence electrons. The van der Waals surface area contributed by atoms with Crippen LogP contribution < -0.4 is 5.32 Å².